The Balaban J connectivity index is 1.37. The number of hydrogen-bond donors (Lipinski definition) is 0. The van der Waals surface area contributed by atoms with Gasteiger partial charge in [-0.05, 0) is 29.3 Å². The highest BCUT2D eigenvalue weighted by Crippen LogP contribution is 2.24. The highest BCUT2D eigenvalue weighted by atomic mass is 16.5. The van der Waals surface area contributed by atoms with E-state index in [2.05, 4.69) is 16.0 Å². The Labute approximate surface area is 154 Å². The number of hydrogen-bond acceptors (Lipinski definition) is 4. The predicted octanol–water partition coefficient (Wildman–Crippen LogP) is 2.21. The fourth-order valence-corrected chi connectivity index (χ4v) is 3.82. The average molecular weight is 352 g/mol. The molecule has 0 saturated carbocycles. The molecule has 4 rings (SSSR count). The Morgan fingerprint density at radius 2 is 1.92 bits per heavy atom. The van der Waals surface area contributed by atoms with Gasteiger partial charge in [-0.15, -0.1) is 0 Å². The number of methoxy groups -OCH3 is 1. The number of carbonyl (C=O) groups excluding carboxylic acids is 1. The van der Waals surface area contributed by atoms with E-state index in [0.717, 1.165) is 44.0 Å². The molecule has 0 N–H and O–H groups in total. The van der Waals surface area contributed by atoms with E-state index in [1.807, 2.05) is 46.3 Å². The summed E-state index contributed by atoms with van der Waals surface area (Å²) in [4.78, 5) is 23.3. The molecule has 2 saturated heterocycles. The number of nitrogens with zero attached hydrogens (tertiary/aromatic N) is 4. The van der Waals surface area contributed by atoms with E-state index in [4.69, 9.17) is 4.74 Å². The molecule has 26 heavy (non-hydrogen) atoms. The summed E-state index contributed by atoms with van der Waals surface area (Å²) in [6.07, 6.45) is 3.72. The van der Waals surface area contributed by atoms with Crippen molar-refractivity contribution in [2.45, 2.75) is 19.1 Å². The standard InChI is InChI=1S/C20H24N4O2/c1-26-19-6-4-16(5-7-19)13-23-15-18-14-22(9-10-24(18)20(23)25)12-17-3-2-8-21-11-17/h2-8,11,18H,9-10,12-15H2,1H3/t18-/m1/s1. The van der Waals surface area contributed by atoms with Gasteiger partial charge >= 0.3 is 6.03 Å². The molecule has 1 aromatic heterocycles. The monoisotopic (exact) mass is 352 g/mol. The van der Waals surface area contributed by atoms with E-state index in [1.165, 1.54) is 5.56 Å². The molecule has 0 spiro atoms. The number of amides is 2. The number of aromatic nitrogens is 1. The van der Waals surface area contributed by atoms with Gasteiger partial charge in [0, 0.05) is 51.7 Å². The maximum atomic E-state index is 12.7. The Kier molecular flexibility index (Phi) is 4.75. The van der Waals surface area contributed by atoms with Crippen molar-refractivity contribution in [2.75, 3.05) is 33.3 Å². The smallest absolute Gasteiger partial charge is 0.320 e. The fourth-order valence-electron chi connectivity index (χ4n) is 3.82. The summed E-state index contributed by atoms with van der Waals surface area (Å²) in [5.74, 6) is 0.838. The number of piperazine rings is 1. The molecule has 6 heteroatoms. The molecule has 0 aliphatic carbocycles. The van der Waals surface area contributed by atoms with Crippen LogP contribution in [0.25, 0.3) is 0 Å². The fraction of sp³-hybridized carbons (Fsp3) is 0.400. The molecule has 1 aromatic carbocycles. The molecule has 0 radical (unpaired) electrons. The van der Waals surface area contributed by atoms with Crippen LogP contribution in [0.2, 0.25) is 0 Å². The van der Waals surface area contributed by atoms with Crippen molar-refractivity contribution in [2.24, 2.45) is 0 Å². The maximum Gasteiger partial charge on any atom is 0.320 e. The van der Waals surface area contributed by atoms with E-state index < -0.39 is 0 Å². The molecule has 0 unspecified atom stereocenters. The SMILES string of the molecule is COc1ccc(CN2C[C@H]3CN(Cc4cccnc4)CCN3C2=O)cc1. The molecular formula is C20H24N4O2. The van der Waals surface area contributed by atoms with Gasteiger partial charge in [0.25, 0.3) is 0 Å². The first-order valence-corrected chi connectivity index (χ1v) is 9.02. The number of rotatable bonds is 5. The number of pyridine rings is 1. The van der Waals surface area contributed by atoms with Crippen molar-refractivity contribution in [1.29, 1.82) is 0 Å². The van der Waals surface area contributed by atoms with Crippen molar-refractivity contribution in [3.05, 3.63) is 59.9 Å². The van der Waals surface area contributed by atoms with E-state index in [9.17, 15) is 4.79 Å². The van der Waals surface area contributed by atoms with E-state index in [-0.39, 0.29) is 12.1 Å². The van der Waals surface area contributed by atoms with E-state index >= 15 is 0 Å². The lowest BCUT2D eigenvalue weighted by Crippen LogP contribution is -2.51. The topological polar surface area (TPSA) is 48.9 Å². The lowest BCUT2D eigenvalue weighted by molar-refractivity contribution is 0.116. The molecule has 2 aromatic rings. The Bertz CT molecular complexity index is 750. The highest BCUT2D eigenvalue weighted by Gasteiger charge is 2.40. The average Bonchev–Trinajstić information content (AvgIpc) is 2.98. The van der Waals surface area contributed by atoms with E-state index in [0.29, 0.717) is 6.54 Å². The van der Waals surface area contributed by atoms with Crippen molar-refractivity contribution < 1.29 is 9.53 Å². The molecule has 136 valence electrons. The molecular weight excluding hydrogens is 328 g/mol. The highest BCUT2D eigenvalue weighted by molar-refractivity contribution is 5.77. The summed E-state index contributed by atoms with van der Waals surface area (Å²) < 4.78 is 5.20. The van der Waals surface area contributed by atoms with Gasteiger partial charge in [0.1, 0.15) is 5.75 Å². The quantitative estimate of drug-likeness (QED) is 0.828. The van der Waals surface area contributed by atoms with Gasteiger partial charge in [-0.1, -0.05) is 18.2 Å². The minimum Gasteiger partial charge on any atom is -0.497 e. The molecule has 0 bridgehead atoms. The Morgan fingerprint density at radius 1 is 1.08 bits per heavy atom. The molecule has 3 heterocycles. The predicted molar refractivity (Wildman–Crippen MR) is 98.8 cm³/mol. The number of urea groups is 1. The van der Waals surface area contributed by atoms with Crippen molar-refractivity contribution in [3.8, 4) is 5.75 Å². The zero-order valence-electron chi connectivity index (χ0n) is 15.0. The molecule has 2 fully saturated rings. The van der Waals surface area contributed by atoms with Crippen LogP contribution in [-0.4, -0.2) is 65.0 Å². The summed E-state index contributed by atoms with van der Waals surface area (Å²) in [6.45, 7) is 4.95. The molecule has 6 nitrogen and oxygen atoms in total. The van der Waals surface area contributed by atoms with Gasteiger partial charge in [-0.2, -0.15) is 0 Å². The van der Waals surface area contributed by atoms with Crippen LogP contribution in [0.4, 0.5) is 4.79 Å². The molecule has 2 aliphatic heterocycles. The van der Waals surface area contributed by atoms with E-state index in [1.54, 1.807) is 13.3 Å². The first-order valence-electron chi connectivity index (χ1n) is 9.02. The Morgan fingerprint density at radius 3 is 2.65 bits per heavy atom. The lowest BCUT2D eigenvalue weighted by atomic mass is 10.1. The van der Waals surface area contributed by atoms with Gasteiger partial charge in [0.15, 0.2) is 0 Å². The summed E-state index contributed by atoms with van der Waals surface area (Å²) in [6, 6.07) is 12.4. The normalized spacial score (nSPS) is 20.3. The van der Waals surface area contributed by atoms with Crippen molar-refractivity contribution in [3.63, 3.8) is 0 Å². The van der Waals surface area contributed by atoms with Gasteiger partial charge < -0.3 is 14.5 Å². The third-order valence-corrected chi connectivity index (χ3v) is 5.18. The van der Waals surface area contributed by atoms with Crippen LogP contribution in [0.15, 0.2) is 48.8 Å². The van der Waals surface area contributed by atoms with Gasteiger partial charge in [0.05, 0.1) is 13.2 Å². The van der Waals surface area contributed by atoms with Gasteiger partial charge in [-0.25, -0.2) is 4.79 Å². The molecule has 1 atom stereocenters. The van der Waals surface area contributed by atoms with Crippen LogP contribution < -0.4 is 4.74 Å². The van der Waals surface area contributed by atoms with Crippen LogP contribution in [0.5, 0.6) is 5.75 Å². The number of carbonyl (C=O) groups is 1. The maximum absolute atomic E-state index is 12.7. The van der Waals surface area contributed by atoms with Crippen molar-refractivity contribution >= 4 is 6.03 Å². The first-order chi connectivity index (χ1) is 12.7. The first kappa shape index (κ1) is 16.8. The number of benzene rings is 1. The summed E-state index contributed by atoms with van der Waals surface area (Å²) >= 11 is 0. The minimum atomic E-state index is 0.159. The van der Waals surface area contributed by atoms with Crippen molar-refractivity contribution in [1.82, 2.24) is 19.7 Å². The number of ether oxygens (including phenoxy) is 1. The Hall–Kier alpha value is -2.60. The molecule has 2 aliphatic rings. The molecule has 2 amide bonds. The van der Waals surface area contributed by atoms with Crippen LogP contribution in [0, 0.1) is 0 Å². The second-order valence-corrected chi connectivity index (χ2v) is 6.95. The van der Waals surface area contributed by atoms with Crippen LogP contribution in [0.1, 0.15) is 11.1 Å². The van der Waals surface area contributed by atoms with Crippen LogP contribution in [-0.2, 0) is 13.1 Å². The van der Waals surface area contributed by atoms with Crippen LogP contribution >= 0.6 is 0 Å². The summed E-state index contributed by atoms with van der Waals surface area (Å²) in [7, 11) is 1.66. The second kappa shape index (κ2) is 7.33. The zero-order valence-corrected chi connectivity index (χ0v) is 15.0. The summed E-state index contributed by atoms with van der Waals surface area (Å²) in [5.41, 5.74) is 2.35. The van der Waals surface area contributed by atoms with Gasteiger partial charge in [0.2, 0.25) is 0 Å². The number of fused-ring (bicyclic) bond motifs is 1. The lowest BCUT2D eigenvalue weighted by Gasteiger charge is -2.36. The largest absolute Gasteiger partial charge is 0.497 e. The van der Waals surface area contributed by atoms with Gasteiger partial charge in [-0.3, -0.25) is 9.88 Å². The third-order valence-electron chi connectivity index (χ3n) is 5.18. The zero-order chi connectivity index (χ0) is 17.9. The van der Waals surface area contributed by atoms with Crippen LogP contribution in [0.3, 0.4) is 0 Å². The second-order valence-electron chi connectivity index (χ2n) is 6.95. The third kappa shape index (κ3) is 3.51. The summed E-state index contributed by atoms with van der Waals surface area (Å²) in [5, 5.41) is 0. The minimum absolute atomic E-state index is 0.159.